The number of para-hydroxylation sites is 1. The summed E-state index contributed by atoms with van der Waals surface area (Å²) in [6, 6.07) is 9.82. The number of aryl methyl sites for hydroxylation is 1. The van der Waals surface area contributed by atoms with Gasteiger partial charge >= 0.3 is 0 Å². The quantitative estimate of drug-likeness (QED) is 0.605. The standard InChI is InChI=1S/C17H24N4OS/c1-4-15-11-19-16(23-15)12-21-17(18-3)20-10-13(2)22-14-8-6-5-7-9-14/h5-9,11,13H,4,10,12H2,1-3H3,(H2,18,20,21). The number of nitrogens with zero attached hydrogens (tertiary/aromatic N) is 2. The Morgan fingerprint density at radius 1 is 1.30 bits per heavy atom. The van der Waals surface area contributed by atoms with E-state index in [1.807, 2.05) is 43.5 Å². The van der Waals surface area contributed by atoms with Crippen molar-refractivity contribution in [2.24, 2.45) is 4.99 Å². The van der Waals surface area contributed by atoms with Crippen molar-refractivity contribution in [1.29, 1.82) is 0 Å². The van der Waals surface area contributed by atoms with E-state index < -0.39 is 0 Å². The van der Waals surface area contributed by atoms with Gasteiger partial charge in [0.25, 0.3) is 0 Å². The monoisotopic (exact) mass is 332 g/mol. The van der Waals surface area contributed by atoms with Crippen LogP contribution in [-0.2, 0) is 13.0 Å². The molecule has 0 radical (unpaired) electrons. The Morgan fingerprint density at radius 3 is 2.74 bits per heavy atom. The molecule has 1 unspecified atom stereocenters. The Bertz CT molecular complexity index is 612. The molecule has 0 aliphatic rings. The Kier molecular flexibility index (Phi) is 6.87. The summed E-state index contributed by atoms with van der Waals surface area (Å²) >= 11 is 1.73. The SMILES string of the molecule is CCc1cnc(CNC(=NC)NCC(C)Oc2ccccc2)s1. The molecule has 2 rings (SSSR count). The summed E-state index contributed by atoms with van der Waals surface area (Å²) in [5, 5.41) is 7.61. The first-order valence-corrected chi connectivity index (χ1v) is 8.62. The van der Waals surface area contributed by atoms with E-state index in [2.05, 4.69) is 27.5 Å². The number of rotatable bonds is 7. The van der Waals surface area contributed by atoms with Gasteiger partial charge in [-0.3, -0.25) is 4.99 Å². The number of aliphatic imine (C=N–C) groups is 1. The molecule has 23 heavy (non-hydrogen) atoms. The van der Waals surface area contributed by atoms with E-state index in [9.17, 15) is 0 Å². The number of aromatic nitrogens is 1. The number of hydrogen-bond acceptors (Lipinski definition) is 4. The van der Waals surface area contributed by atoms with Gasteiger partial charge in [0.2, 0.25) is 0 Å². The molecule has 1 aromatic carbocycles. The number of nitrogens with one attached hydrogen (secondary N) is 2. The van der Waals surface area contributed by atoms with Gasteiger partial charge < -0.3 is 15.4 Å². The van der Waals surface area contributed by atoms with Crippen LogP contribution in [0, 0.1) is 0 Å². The van der Waals surface area contributed by atoms with Gasteiger partial charge in [-0.2, -0.15) is 0 Å². The fraction of sp³-hybridized carbons (Fsp3) is 0.412. The van der Waals surface area contributed by atoms with E-state index in [4.69, 9.17) is 4.74 Å². The van der Waals surface area contributed by atoms with Gasteiger partial charge in [0.1, 0.15) is 16.9 Å². The molecule has 6 heteroatoms. The maximum atomic E-state index is 5.83. The number of ether oxygens (including phenoxy) is 1. The molecule has 0 aliphatic heterocycles. The lowest BCUT2D eigenvalue weighted by molar-refractivity contribution is 0.224. The van der Waals surface area contributed by atoms with Gasteiger partial charge in [0.05, 0.1) is 13.1 Å². The first-order chi connectivity index (χ1) is 11.2. The van der Waals surface area contributed by atoms with E-state index in [1.165, 1.54) is 4.88 Å². The zero-order valence-electron chi connectivity index (χ0n) is 13.9. The minimum atomic E-state index is 0.0440. The van der Waals surface area contributed by atoms with Crippen LogP contribution in [0.1, 0.15) is 23.7 Å². The van der Waals surface area contributed by atoms with E-state index >= 15 is 0 Å². The minimum Gasteiger partial charge on any atom is -0.489 e. The number of thiazole rings is 1. The van der Waals surface area contributed by atoms with Crippen molar-refractivity contribution in [3.05, 3.63) is 46.4 Å². The zero-order valence-corrected chi connectivity index (χ0v) is 14.7. The van der Waals surface area contributed by atoms with Crippen LogP contribution >= 0.6 is 11.3 Å². The molecule has 5 nitrogen and oxygen atoms in total. The second-order valence-electron chi connectivity index (χ2n) is 5.12. The summed E-state index contributed by atoms with van der Waals surface area (Å²) in [5.74, 6) is 1.63. The average Bonchev–Trinajstić information content (AvgIpc) is 3.04. The third kappa shape index (κ3) is 5.90. The van der Waals surface area contributed by atoms with Crippen molar-refractivity contribution in [3.63, 3.8) is 0 Å². The average molecular weight is 332 g/mol. The molecule has 0 saturated carbocycles. The topological polar surface area (TPSA) is 58.5 Å². The van der Waals surface area contributed by atoms with Crippen LogP contribution in [0.5, 0.6) is 5.75 Å². The third-order valence-corrected chi connectivity index (χ3v) is 4.36. The lowest BCUT2D eigenvalue weighted by atomic mass is 10.3. The highest BCUT2D eigenvalue weighted by Gasteiger charge is 2.06. The van der Waals surface area contributed by atoms with Crippen LogP contribution in [0.15, 0.2) is 41.5 Å². The fourth-order valence-corrected chi connectivity index (χ4v) is 2.79. The highest BCUT2D eigenvalue weighted by molar-refractivity contribution is 7.11. The Morgan fingerprint density at radius 2 is 2.09 bits per heavy atom. The van der Waals surface area contributed by atoms with Crippen LogP contribution < -0.4 is 15.4 Å². The van der Waals surface area contributed by atoms with E-state index in [-0.39, 0.29) is 6.10 Å². The molecule has 0 saturated heterocycles. The van der Waals surface area contributed by atoms with Gasteiger partial charge in [0, 0.05) is 18.1 Å². The molecule has 0 spiro atoms. The summed E-state index contributed by atoms with van der Waals surface area (Å²) in [5.41, 5.74) is 0. The van der Waals surface area contributed by atoms with Crippen LogP contribution in [0.2, 0.25) is 0 Å². The summed E-state index contributed by atoms with van der Waals surface area (Å²) in [4.78, 5) is 9.92. The lowest BCUT2D eigenvalue weighted by Gasteiger charge is -2.17. The highest BCUT2D eigenvalue weighted by atomic mass is 32.1. The second-order valence-corrected chi connectivity index (χ2v) is 6.32. The molecular formula is C17H24N4OS. The summed E-state index contributed by atoms with van der Waals surface area (Å²) in [6.07, 6.45) is 3.01. The van der Waals surface area contributed by atoms with E-state index in [0.29, 0.717) is 13.1 Å². The van der Waals surface area contributed by atoms with Gasteiger partial charge in [-0.05, 0) is 25.5 Å². The van der Waals surface area contributed by atoms with Crippen LogP contribution in [0.3, 0.4) is 0 Å². The van der Waals surface area contributed by atoms with Crippen molar-refractivity contribution in [2.75, 3.05) is 13.6 Å². The van der Waals surface area contributed by atoms with E-state index in [1.54, 1.807) is 18.4 Å². The normalized spacial score (nSPS) is 12.7. The molecule has 0 aliphatic carbocycles. The van der Waals surface area contributed by atoms with Crippen molar-refractivity contribution < 1.29 is 4.74 Å². The van der Waals surface area contributed by atoms with Gasteiger partial charge in [-0.15, -0.1) is 11.3 Å². The number of benzene rings is 1. The zero-order chi connectivity index (χ0) is 16.5. The molecule has 0 fully saturated rings. The van der Waals surface area contributed by atoms with Gasteiger partial charge in [0.15, 0.2) is 5.96 Å². The Balaban J connectivity index is 1.74. The molecule has 124 valence electrons. The maximum absolute atomic E-state index is 5.83. The van der Waals surface area contributed by atoms with Crippen molar-refractivity contribution in [2.45, 2.75) is 32.9 Å². The minimum absolute atomic E-state index is 0.0440. The van der Waals surface area contributed by atoms with Crippen LogP contribution in [0.25, 0.3) is 0 Å². The van der Waals surface area contributed by atoms with Gasteiger partial charge in [-0.1, -0.05) is 25.1 Å². The van der Waals surface area contributed by atoms with Crippen molar-refractivity contribution in [3.8, 4) is 5.75 Å². The first-order valence-electron chi connectivity index (χ1n) is 7.81. The van der Waals surface area contributed by atoms with Crippen molar-refractivity contribution >= 4 is 17.3 Å². The smallest absolute Gasteiger partial charge is 0.191 e. The number of hydrogen-bond donors (Lipinski definition) is 2. The summed E-state index contributed by atoms with van der Waals surface area (Å²) in [6.45, 7) is 5.52. The second kappa shape index (κ2) is 9.15. The molecule has 2 N–H and O–H groups in total. The highest BCUT2D eigenvalue weighted by Crippen LogP contribution is 2.13. The molecule has 0 amide bonds. The van der Waals surface area contributed by atoms with Gasteiger partial charge in [-0.25, -0.2) is 4.98 Å². The third-order valence-electron chi connectivity index (χ3n) is 3.22. The summed E-state index contributed by atoms with van der Waals surface area (Å²) < 4.78 is 5.83. The number of guanidine groups is 1. The first kappa shape index (κ1) is 17.3. The molecule has 1 heterocycles. The van der Waals surface area contributed by atoms with Crippen LogP contribution in [-0.4, -0.2) is 30.6 Å². The predicted octanol–water partition coefficient (Wildman–Crippen LogP) is 2.84. The van der Waals surface area contributed by atoms with Crippen LogP contribution in [0.4, 0.5) is 0 Å². The molecule has 0 bridgehead atoms. The van der Waals surface area contributed by atoms with Crippen molar-refractivity contribution in [1.82, 2.24) is 15.6 Å². The maximum Gasteiger partial charge on any atom is 0.191 e. The molecular weight excluding hydrogens is 308 g/mol. The molecule has 1 aromatic heterocycles. The largest absolute Gasteiger partial charge is 0.489 e. The Hall–Kier alpha value is -2.08. The molecule has 2 aromatic rings. The Labute approximate surface area is 141 Å². The van der Waals surface area contributed by atoms with E-state index in [0.717, 1.165) is 23.1 Å². The summed E-state index contributed by atoms with van der Waals surface area (Å²) in [7, 11) is 1.76. The predicted molar refractivity (Wildman–Crippen MR) is 96.2 cm³/mol. The fourth-order valence-electron chi connectivity index (χ4n) is 1.99. The molecule has 1 atom stereocenters. The lowest BCUT2D eigenvalue weighted by Crippen LogP contribution is -2.41.